The van der Waals surface area contributed by atoms with Gasteiger partial charge in [0.25, 0.3) is 0 Å². The van der Waals surface area contributed by atoms with Crippen molar-refractivity contribution in [1.29, 1.82) is 0 Å². The molecular formula is C9H16O6. The second-order valence-corrected chi connectivity index (χ2v) is 3.29. The Bertz CT molecular complexity index is 219. The average Bonchev–Trinajstić information content (AvgIpc) is 2.26. The van der Waals surface area contributed by atoms with Gasteiger partial charge in [-0.15, -0.1) is 6.58 Å². The largest absolute Gasteiger partial charge is 0.394 e. The van der Waals surface area contributed by atoms with Crippen molar-refractivity contribution in [3.63, 3.8) is 0 Å². The average molecular weight is 220 g/mol. The van der Waals surface area contributed by atoms with Gasteiger partial charge in [-0.1, -0.05) is 6.08 Å². The fourth-order valence-electron chi connectivity index (χ4n) is 1.08. The number of aliphatic hydroxyl groups is 5. The fourth-order valence-corrected chi connectivity index (χ4v) is 1.08. The van der Waals surface area contributed by atoms with Crippen molar-refractivity contribution in [3.8, 4) is 0 Å². The first-order valence-electron chi connectivity index (χ1n) is 4.37. The number of aliphatic hydroxyl groups excluding tert-OH is 4. The van der Waals surface area contributed by atoms with Crippen LogP contribution in [0.5, 0.6) is 0 Å². The van der Waals surface area contributed by atoms with E-state index in [2.05, 4.69) is 6.58 Å². The van der Waals surface area contributed by atoms with Crippen molar-refractivity contribution < 1.29 is 30.3 Å². The number of carbonyl (C=O) groups excluding carboxylic acids is 1. The van der Waals surface area contributed by atoms with Gasteiger partial charge in [0.2, 0.25) is 0 Å². The summed E-state index contributed by atoms with van der Waals surface area (Å²) in [5.41, 5.74) is -2.21. The lowest BCUT2D eigenvalue weighted by Gasteiger charge is -2.31. The minimum absolute atomic E-state index is 0.0622. The Hall–Kier alpha value is -0.790. The van der Waals surface area contributed by atoms with Crippen LogP contribution in [0.3, 0.4) is 0 Å². The van der Waals surface area contributed by atoms with E-state index in [4.69, 9.17) is 10.2 Å². The van der Waals surface area contributed by atoms with E-state index in [0.29, 0.717) is 0 Å². The molecule has 0 aromatic rings. The van der Waals surface area contributed by atoms with Crippen LogP contribution in [0.2, 0.25) is 0 Å². The van der Waals surface area contributed by atoms with Crippen molar-refractivity contribution in [2.45, 2.75) is 30.3 Å². The van der Waals surface area contributed by atoms with Gasteiger partial charge in [0.05, 0.1) is 6.61 Å². The van der Waals surface area contributed by atoms with Crippen LogP contribution in [0.15, 0.2) is 12.7 Å². The zero-order valence-electron chi connectivity index (χ0n) is 8.15. The Morgan fingerprint density at radius 3 is 2.20 bits per heavy atom. The third-order valence-electron chi connectivity index (χ3n) is 2.09. The van der Waals surface area contributed by atoms with Crippen LogP contribution in [0.25, 0.3) is 0 Å². The van der Waals surface area contributed by atoms with E-state index in [0.717, 1.165) is 0 Å². The first-order chi connectivity index (χ1) is 6.92. The Kier molecular flexibility index (Phi) is 5.63. The molecule has 0 rings (SSSR count). The lowest BCUT2D eigenvalue weighted by molar-refractivity contribution is -0.163. The molecule has 0 aromatic carbocycles. The summed E-state index contributed by atoms with van der Waals surface area (Å²) in [5, 5.41) is 45.8. The molecule has 6 nitrogen and oxygen atoms in total. The Morgan fingerprint density at radius 2 is 1.87 bits per heavy atom. The monoisotopic (exact) mass is 220 g/mol. The van der Waals surface area contributed by atoms with Gasteiger partial charge in [-0.25, -0.2) is 0 Å². The third-order valence-corrected chi connectivity index (χ3v) is 2.09. The van der Waals surface area contributed by atoms with E-state index in [1.165, 1.54) is 6.08 Å². The highest BCUT2D eigenvalue weighted by molar-refractivity contribution is 5.63. The standard InChI is InChI=1S/C9H16O6/c1-2-3-9(15,5-11)8(14)7(13)6(12)4-10/h2,5-8,10,12-15H,1,3-4H2/t6-,7-,8+,9+/m1/s1. The minimum Gasteiger partial charge on any atom is -0.394 e. The molecule has 6 heteroatoms. The molecule has 0 bridgehead atoms. The van der Waals surface area contributed by atoms with Gasteiger partial charge in [0.15, 0.2) is 11.9 Å². The summed E-state index contributed by atoms with van der Waals surface area (Å²) in [6, 6.07) is 0. The second-order valence-electron chi connectivity index (χ2n) is 3.29. The van der Waals surface area contributed by atoms with Crippen molar-refractivity contribution >= 4 is 6.29 Å². The zero-order valence-corrected chi connectivity index (χ0v) is 8.15. The summed E-state index contributed by atoms with van der Waals surface area (Å²) in [4.78, 5) is 10.6. The molecule has 0 aliphatic carbocycles. The molecule has 0 saturated carbocycles. The summed E-state index contributed by atoms with van der Waals surface area (Å²) in [6.07, 6.45) is -4.36. The maximum Gasteiger partial charge on any atom is 0.154 e. The van der Waals surface area contributed by atoms with E-state index >= 15 is 0 Å². The van der Waals surface area contributed by atoms with Crippen LogP contribution in [-0.4, -0.2) is 62.3 Å². The van der Waals surface area contributed by atoms with Crippen LogP contribution in [0, 0.1) is 0 Å². The predicted octanol–water partition coefficient (Wildman–Crippen LogP) is -2.43. The van der Waals surface area contributed by atoms with Crippen molar-refractivity contribution in [2.24, 2.45) is 0 Å². The normalized spacial score (nSPS) is 21.1. The topological polar surface area (TPSA) is 118 Å². The van der Waals surface area contributed by atoms with Crippen LogP contribution >= 0.6 is 0 Å². The number of hydrogen-bond acceptors (Lipinski definition) is 6. The van der Waals surface area contributed by atoms with Crippen LogP contribution < -0.4 is 0 Å². The van der Waals surface area contributed by atoms with Crippen molar-refractivity contribution in [1.82, 2.24) is 0 Å². The van der Waals surface area contributed by atoms with E-state index < -0.39 is 30.5 Å². The van der Waals surface area contributed by atoms with Crippen molar-refractivity contribution in [2.75, 3.05) is 6.61 Å². The predicted molar refractivity (Wildman–Crippen MR) is 50.9 cm³/mol. The molecular weight excluding hydrogens is 204 g/mol. The van der Waals surface area contributed by atoms with Gasteiger partial charge < -0.3 is 30.3 Å². The molecule has 0 unspecified atom stereocenters. The minimum atomic E-state index is -2.21. The smallest absolute Gasteiger partial charge is 0.154 e. The van der Waals surface area contributed by atoms with E-state index in [1.807, 2.05) is 0 Å². The highest BCUT2D eigenvalue weighted by Crippen LogP contribution is 2.18. The molecule has 0 fully saturated rings. The summed E-state index contributed by atoms with van der Waals surface area (Å²) < 4.78 is 0. The highest BCUT2D eigenvalue weighted by atomic mass is 16.4. The Balaban J connectivity index is 4.70. The number of carbonyl (C=O) groups is 1. The summed E-state index contributed by atoms with van der Waals surface area (Å²) >= 11 is 0. The van der Waals surface area contributed by atoms with E-state index in [-0.39, 0.29) is 12.7 Å². The SMILES string of the molecule is C=CC[C@](O)(C=O)[C@@H](O)[C@H](O)[C@H](O)CO. The molecule has 0 amide bonds. The number of aldehydes is 1. The molecule has 0 saturated heterocycles. The molecule has 5 N–H and O–H groups in total. The summed E-state index contributed by atoms with van der Waals surface area (Å²) in [5.74, 6) is 0. The Morgan fingerprint density at radius 1 is 1.33 bits per heavy atom. The Labute approximate surface area is 87.1 Å². The summed E-state index contributed by atoms with van der Waals surface area (Å²) in [6.45, 7) is 2.49. The number of hydrogen-bond donors (Lipinski definition) is 5. The maximum atomic E-state index is 10.6. The van der Waals surface area contributed by atoms with E-state index in [9.17, 15) is 20.1 Å². The van der Waals surface area contributed by atoms with Crippen LogP contribution in [0.1, 0.15) is 6.42 Å². The lowest BCUT2D eigenvalue weighted by Crippen LogP contribution is -2.54. The third kappa shape index (κ3) is 3.37. The van der Waals surface area contributed by atoms with Gasteiger partial charge in [-0.05, 0) is 0 Å². The first-order valence-corrected chi connectivity index (χ1v) is 4.37. The molecule has 0 spiro atoms. The fraction of sp³-hybridized carbons (Fsp3) is 0.667. The molecule has 0 aliphatic rings. The molecule has 0 heterocycles. The molecule has 0 radical (unpaired) electrons. The molecule has 4 atom stereocenters. The molecule has 0 aliphatic heterocycles. The van der Waals surface area contributed by atoms with Gasteiger partial charge >= 0.3 is 0 Å². The molecule has 88 valence electrons. The lowest BCUT2D eigenvalue weighted by atomic mass is 9.89. The number of rotatable bonds is 7. The van der Waals surface area contributed by atoms with Crippen LogP contribution in [0.4, 0.5) is 0 Å². The molecule has 0 aromatic heterocycles. The first kappa shape index (κ1) is 14.2. The zero-order chi connectivity index (χ0) is 12.1. The molecule has 15 heavy (non-hydrogen) atoms. The quantitative estimate of drug-likeness (QED) is 0.240. The van der Waals surface area contributed by atoms with Gasteiger partial charge in [0.1, 0.15) is 18.3 Å². The maximum absolute atomic E-state index is 10.6. The van der Waals surface area contributed by atoms with Gasteiger partial charge in [0, 0.05) is 6.42 Å². The van der Waals surface area contributed by atoms with Crippen molar-refractivity contribution in [3.05, 3.63) is 12.7 Å². The highest BCUT2D eigenvalue weighted by Gasteiger charge is 2.41. The van der Waals surface area contributed by atoms with Crippen LogP contribution in [-0.2, 0) is 4.79 Å². The van der Waals surface area contributed by atoms with E-state index in [1.54, 1.807) is 0 Å². The van der Waals surface area contributed by atoms with Gasteiger partial charge in [-0.2, -0.15) is 0 Å². The summed E-state index contributed by atoms with van der Waals surface area (Å²) in [7, 11) is 0. The second kappa shape index (κ2) is 5.94. The van der Waals surface area contributed by atoms with Gasteiger partial charge in [-0.3, -0.25) is 0 Å².